The summed E-state index contributed by atoms with van der Waals surface area (Å²) >= 11 is 0. The van der Waals surface area contributed by atoms with Crippen molar-refractivity contribution in [3.05, 3.63) is 101 Å². The molecule has 1 unspecified atom stereocenters. The number of rotatable bonds is 5. The number of para-hydroxylation sites is 1. The van der Waals surface area contributed by atoms with Crippen molar-refractivity contribution in [2.45, 2.75) is 19.0 Å². The first-order valence-electron chi connectivity index (χ1n) is 10.6. The molecule has 0 saturated heterocycles. The lowest BCUT2D eigenvalue weighted by Crippen LogP contribution is -2.35. The predicted molar refractivity (Wildman–Crippen MR) is 124 cm³/mol. The number of hydrogen-bond donors (Lipinski definition) is 0. The van der Waals surface area contributed by atoms with E-state index in [2.05, 4.69) is 76.6 Å². The lowest BCUT2D eigenvalue weighted by Gasteiger charge is -2.38. The van der Waals surface area contributed by atoms with Crippen LogP contribution in [0.3, 0.4) is 0 Å². The predicted octanol–water partition coefficient (Wildman–Crippen LogP) is 5.40. The molecule has 2 heterocycles. The van der Waals surface area contributed by atoms with Crippen molar-refractivity contribution in [1.29, 1.82) is 0 Å². The van der Waals surface area contributed by atoms with Gasteiger partial charge in [0.05, 0.1) is 25.8 Å². The maximum Gasteiger partial charge on any atom is 0.161 e. The van der Waals surface area contributed by atoms with Gasteiger partial charge in [0.15, 0.2) is 11.5 Å². The fraction of sp³-hybridized carbons (Fsp3) is 0.222. The Balaban J connectivity index is 1.61. The highest BCUT2D eigenvalue weighted by Crippen LogP contribution is 2.41. The Labute approximate surface area is 183 Å². The summed E-state index contributed by atoms with van der Waals surface area (Å²) in [4.78, 5) is 7.22. The summed E-state index contributed by atoms with van der Waals surface area (Å²) in [5.74, 6) is 1.57. The lowest BCUT2D eigenvalue weighted by molar-refractivity contribution is 0.204. The number of fused-ring (bicyclic) bond motifs is 2. The van der Waals surface area contributed by atoms with E-state index < -0.39 is 0 Å². The zero-order valence-electron chi connectivity index (χ0n) is 17.9. The quantitative estimate of drug-likeness (QED) is 0.441. The molecule has 1 atom stereocenters. The van der Waals surface area contributed by atoms with E-state index in [1.54, 1.807) is 14.2 Å². The Bertz CT molecular complexity index is 1200. The van der Waals surface area contributed by atoms with Crippen molar-refractivity contribution in [1.82, 2.24) is 9.88 Å². The molecule has 0 radical (unpaired) electrons. The monoisotopic (exact) mass is 410 g/mol. The van der Waals surface area contributed by atoms with Gasteiger partial charge in [0.2, 0.25) is 0 Å². The van der Waals surface area contributed by atoms with Gasteiger partial charge >= 0.3 is 0 Å². The smallest absolute Gasteiger partial charge is 0.161 e. The Morgan fingerprint density at radius 2 is 1.68 bits per heavy atom. The van der Waals surface area contributed by atoms with Crippen LogP contribution in [0.2, 0.25) is 0 Å². The van der Waals surface area contributed by atoms with Crippen molar-refractivity contribution < 1.29 is 9.47 Å². The highest BCUT2D eigenvalue weighted by molar-refractivity contribution is 5.81. The van der Waals surface area contributed by atoms with Crippen molar-refractivity contribution in [3.8, 4) is 11.5 Å². The van der Waals surface area contributed by atoms with Crippen LogP contribution in [-0.4, -0.2) is 30.6 Å². The van der Waals surface area contributed by atoms with Gasteiger partial charge < -0.3 is 9.47 Å². The van der Waals surface area contributed by atoms with Gasteiger partial charge in [-0.1, -0.05) is 54.6 Å². The molecule has 4 heteroatoms. The third-order valence-corrected chi connectivity index (χ3v) is 6.18. The van der Waals surface area contributed by atoms with Crippen LogP contribution >= 0.6 is 0 Å². The fourth-order valence-electron chi connectivity index (χ4n) is 4.71. The summed E-state index contributed by atoms with van der Waals surface area (Å²) in [6, 6.07) is 25.7. The molecule has 31 heavy (non-hydrogen) atoms. The normalized spacial score (nSPS) is 16.1. The van der Waals surface area contributed by atoms with Gasteiger partial charge in [0, 0.05) is 24.7 Å². The van der Waals surface area contributed by atoms with Gasteiger partial charge in [-0.25, -0.2) is 0 Å². The second kappa shape index (κ2) is 8.40. The van der Waals surface area contributed by atoms with E-state index >= 15 is 0 Å². The van der Waals surface area contributed by atoms with Gasteiger partial charge in [-0.3, -0.25) is 9.88 Å². The first kappa shape index (κ1) is 19.6. The first-order chi connectivity index (χ1) is 15.3. The highest BCUT2D eigenvalue weighted by atomic mass is 16.5. The lowest BCUT2D eigenvalue weighted by atomic mass is 9.87. The maximum absolute atomic E-state index is 5.64. The molecule has 0 spiro atoms. The molecule has 0 fully saturated rings. The molecule has 1 aliphatic rings. The van der Waals surface area contributed by atoms with Gasteiger partial charge in [-0.2, -0.15) is 0 Å². The summed E-state index contributed by atoms with van der Waals surface area (Å²) in [6.45, 7) is 1.80. The molecule has 4 aromatic rings. The zero-order valence-corrected chi connectivity index (χ0v) is 17.9. The molecule has 5 rings (SSSR count). The summed E-state index contributed by atoms with van der Waals surface area (Å²) in [5, 5.41) is 1.18. The molecule has 1 aromatic heterocycles. The number of aromatic nitrogens is 1. The van der Waals surface area contributed by atoms with Crippen molar-refractivity contribution >= 4 is 10.9 Å². The van der Waals surface area contributed by atoms with Gasteiger partial charge in [-0.05, 0) is 46.9 Å². The molecule has 0 saturated carbocycles. The number of benzene rings is 3. The Morgan fingerprint density at radius 3 is 2.48 bits per heavy atom. The zero-order chi connectivity index (χ0) is 21.2. The van der Waals surface area contributed by atoms with Crippen LogP contribution < -0.4 is 9.47 Å². The summed E-state index contributed by atoms with van der Waals surface area (Å²) < 4.78 is 11.2. The van der Waals surface area contributed by atoms with Crippen LogP contribution in [0.5, 0.6) is 11.5 Å². The summed E-state index contributed by atoms with van der Waals surface area (Å²) in [7, 11) is 3.39. The Hall–Kier alpha value is -3.37. The van der Waals surface area contributed by atoms with E-state index in [1.807, 2.05) is 12.3 Å². The van der Waals surface area contributed by atoms with Crippen molar-refractivity contribution in [2.75, 3.05) is 20.8 Å². The van der Waals surface area contributed by atoms with E-state index in [0.29, 0.717) is 0 Å². The Morgan fingerprint density at radius 1 is 0.903 bits per heavy atom. The maximum atomic E-state index is 5.64. The van der Waals surface area contributed by atoms with E-state index in [1.165, 1.54) is 27.6 Å². The molecular weight excluding hydrogens is 384 g/mol. The standard InChI is InChI=1S/C27H26N2O2/c1-30-24-16-21-13-15-29(18-22-11-6-10-19-12-7-14-28-26(19)22)27(20-8-4-3-5-9-20)23(21)17-25(24)31-2/h3-12,14,16-17,27H,13,15,18H2,1-2H3. The molecule has 0 N–H and O–H groups in total. The molecule has 1 aliphatic heterocycles. The minimum atomic E-state index is 0.142. The van der Waals surface area contributed by atoms with Crippen LogP contribution in [0.25, 0.3) is 10.9 Å². The molecule has 0 bridgehead atoms. The average Bonchev–Trinajstić information content (AvgIpc) is 2.83. The summed E-state index contributed by atoms with van der Waals surface area (Å²) in [5.41, 5.74) is 6.21. The van der Waals surface area contributed by atoms with E-state index in [0.717, 1.165) is 36.5 Å². The average molecular weight is 411 g/mol. The minimum Gasteiger partial charge on any atom is -0.493 e. The summed E-state index contributed by atoms with van der Waals surface area (Å²) in [6.07, 6.45) is 2.85. The first-order valence-corrected chi connectivity index (χ1v) is 10.6. The molecule has 3 aromatic carbocycles. The van der Waals surface area contributed by atoms with Crippen LogP contribution in [0.15, 0.2) is 79.0 Å². The van der Waals surface area contributed by atoms with Gasteiger partial charge in [-0.15, -0.1) is 0 Å². The van der Waals surface area contributed by atoms with Gasteiger partial charge in [0.25, 0.3) is 0 Å². The van der Waals surface area contributed by atoms with Crippen LogP contribution in [0.4, 0.5) is 0 Å². The third kappa shape index (κ3) is 3.64. The number of hydrogen-bond acceptors (Lipinski definition) is 4. The number of pyridine rings is 1. The number of ether oxygens (including phenoxy) is 2. The second-order valence-electron chi connectivity index (χ2n) is 7.93. The van der Waals surface area contributed by atoms with E-state index in [9.17, 15) is 0 Å². The topological polar surface area (TPSA) is 34.6 Å². The molecular formula is C27H26N2O2. The second-order valence-corrected chi connectivity index (χ2v) is 7.93. The van der Waals surface area contributed by atoms with Gasteiger partial charge in [0.1, 0.15) is 0 Å². The minimum absolute atomic E-state index is 0.142. The number of nitrogens with zero attached hydrogens (tertiary/aromatic N) is 2. The number of methoxy groups -OCH3 is 2. The third-order valence-electron chi connectivity index (χ3n) is 6.18. The molecule has 0 aliphatic carbocycles. The van der Waals surface area contributed by atoms with E-state index in [4.69, 9.17) is 9.47 Å². The van der Waals surface area contributed by atoms with Crippen molar-refractivity contribution in [2.24, 2.45) is 0 Å². The van der Waals surface area contributed by atoms with E-state index in [-0.39, 0.29) is 6.04 Å². The SMILES string of the molecule is COc1cc2c(cc1OC)C(c1ccccc1)N(Cc1cccc3cccnc13)CC2. The van der Waals surface area contributed by atoms with Crippen molar-refractivity contribution in [3.63, 3.8) is 0 Å². The molecule has 156 valence electrons. The van der Waals surface area contributed by atoms with Crippen LogP contribution in [0, 0.1) is 0 Å². The fourth-order valence-corrected chi connectivity index (χ4v) is 4.71. The van der Waals surface area contributed by atoms with Crippen LogP contribution in [0.1, 0.15) is 28.3 Å². The Kier molecular flexibility index (Phi) is 5.31. The highest BCUT2D eigenvalue weighted by Gasteiger charge is 2.30. The molecule has 0 amide bonds. The largest absolute Gasteiger partial charge is 0.493 e. The molecule has 4 nitrogen and oxygen atoms in total. The van der Waals surface area contributed by atoms with Crippen LogP contribution in [-0.2, 0) is 13.0 Å².